The maximum atomic E-state index is 6.64. The standard InChI is InChI=1S/C24H19NSi/c25-22-16-9-15-21-20-14-7-8-17-23(20)26(24(21)22,18-10-3-1-4-11-18)19-12-5-2-6-13-19/h1-17H,25H2. The number of hydrogen-bond acceptors (Lipinski definition) is 1. The molecule has 124 valence electrons. The molecule has 1 nitrogen and oxygen atoms in total. The maximum Gasteiger partial charge on any atom is 0.183 e. The van der Waals surface area contributed by atoms with Gasteiger partial charge in [-0.1, -0.05) is 97.1 Å². The zero-order valence-electron chi connectivity index (χ0n) is 14.4. The molecule has 0 bridgehead atoms. The van der Waals surface area contributed by atoms with Crippen molar-refractivity contribution in [3.05, 3.63) is 103 Å². The summed E-state index contributed by atoms with van der Waals surface area (Å²) in [7, 11) is -2.40. The van der Waals surface area contributed by atoms with E-state index in [1.807, 2.05) is 0 Å². The molecule has 0 aliphatic carbocycles. The SMILES string of the molecule is Nc1cccc2c1[Si](c1ccccc1)(c1ccccc1)c1ccccc1-2. The van der Waals surface area contributed by atoms with Crippen LogP contribution in [-0.2, 0) is 0 Å². The average molecular weight is 350 g/mol. The lowest BCUT2D eigenvalue weighted by Gasteiger charge is -2.32. The van der Waals surface area contributed by atoms with E-state index in [0.29, 0.717) is 0 Å². The normalized spacial score (nSPS) is 13.8. The summed E-state index contributed by atoms with van der Waals surface area (Å²) in [4.78, 5) is 0. The molecule has 0 radical (unpaired) electrons. The summed E-state index contributed by atoms with van der Waals surface area (Å²) in [5, 5.41) is 5.54. The monoisotopic (exact) mass is 349 g/mol. The summed E-state index contributed by atoms with van der Waals surface area (Å²) in [5.74, 6) is 0. The molecule has 0 aromatic heterocycles. The molecule has 5 rings (SSSR count). The van der Waals surface area contributed by atoms with Crippen LogP contribution in [0.2, 0.25) is 0 Å². The van der Waals surface area contributed by atoms with Crippen LogP contribution in [0.15, 0.2) is 103 Å². The number of benzene rings is 4. The van der Waals surface area contributed by atoms with Crippen LogP contribution in [0, 0.1) is 0 Å². The highest BCUT2D eigenvalue weighted by atomic mass is 28.3. The minimum Gasteiger partial charge on any atom is -0.399 e. The molecule has 1 aliphatic heterocycles. The van der Waals surface area contributed by atoms with E-state index in [1.165, 1.54) is 31.9 Å². The van der Waals surface area contributed by atoms with Gasteiger partial charge in [0.1, 0.15) is 0 Å². The molecule has 1 heterocycles. The molecule has 2 N–H and O–H groups in total. The molecule has 1 aliphatic rings. The molecule has 0 saturated carbocycles. The highest BCUT2D eigenvalue weighted by molar-refractivity contribution is 7.22. The molecule has 0 unspecified atom stereocenters. The van der Waals surface area contributed by atoms with E-state index < -0.39 is 8.07 Å². The van der Waals surface area contributed by atoms with Gasteiger partial charge in [-0.25, -0.2) is 0 Å². The fraction of sp³-hybridized carbons (Fsp3) is 0. The lowest BCUT2D eigenvalue weighted by Crippen LogP contribution is -2.73. The van der Waals surface area contributed by atoms with Crippen LogP contribution in [-0.4, -0.2) is 8.07 Å². The van der Waals surface area contributed by atoms with Gasteiger partial charge in [0.05, 0.1) is 0 Å². The molecule has 2 heteroatoms. The molecular formula is C24H19NSi. The van der Waals surface area contributed by atoms with Crippen molar-refractivity contribution >= 4 is 34.5 Å². The largest absolute Gasteiger partial charge is 0.399 e. The van der Waals surface area contributed by atoms with Gasteiger partial charge in [-0.05, 0) is 37.9 Å². The van der Waals surface area contributed by atoms with E-state index in [4.69, 9.17) is 5.73 Å². The van der Waals surface area contributed by atoms with Gasteiger partial charge in [-0.3, -0.25) is 0 Å². The van der Waals surface area contributed by atoms with Crippen LogP contribution in [0.1, 0.15) is 0 Å². The van der Waals surface area contributed by atoms with Crippen LogP contribution in [0.5, 0.6) is 0 Å². The lowest BCUT2D eigenvalue weighted by molar-refractivity contribution is 1.69. The Labute approximate surface area is 154 Å². The van der Waals surface area contributed by atoms with Gasteiger partial charge in [0.15, 0.2) is 8.07 Å². The smallest absolute Gasteiger partial charge is 0.183 e. The third-order valence-corrected chi connectivity index (χ3v) is 10.5. The van der Waals surface area contributed by atoms with Crippen molar-refractivity contribution in [1.29, 1.82) is 0 Å². The predicted octanol–water partition coefficient (Wildman–Crippen LogP) is 2.63. The molecule has 4 aromatic rings. The zero-order valence-corrected chi connectivity index (χ0v) is 15.4. The Hall–Kier alpha value is -3.10. The lowest BCUT2D eigenvalue weighted by atomic mass is 10.1. The Kier molecular flexibility index (Phi) is 3.34. The molecule has 0 saturated heterocycles. The predicted molar refractivity (Wildman–Crippen MR) is 113 cm³/mol. The van der Waals surface area contributed by atoms with Crippen molar-refractivity contribution in [3.63, 3.8) is 0 Å². The first-order valence-corrected chi connectivity index (χ1v) is 10.9. The van der Waals surface area contributed by atoms with Crippen molar-refractivity contribution < 1.29 is 0 Å². The van der Waals surface area contributed by atoms with E-state index in [1.54, 1.807) is 0 Å². The summed E-state index contributed by atoms with van der Waals surface area (Å²) in [6, 6.07) is 37.1. The van der Waals surface area contributed by atoms with Gasteiger partial charge in [0.2, 0.25) is 0 Å². The Balaban J connectivity index is 2.01. The van der Waals surface area contributed by atoms with E-state index >= 15 is 0 Å². The van der Waals surface area contributed by atoms with Gasteiger partial charge < -0.3 is 5.73 Å². The summed E-state index contributed by atoms with van der Waals surface area (Å²) in [5.41, 5.74) is 10.2. The number of anilines is 1. The Bertz CT molecular complexity index is 1050. The number of nitrogens with two attached hydrogens (primary N) is 1. The summed E-state index contributed by atoms with van der Waals surface area (Å²) in [6.45, 7) is 0. The Morgan fingerprint density at radius 3 is 1.69 bits per heavy atom. The molecule has 0 fully saturated rings. The first-order chi connectivity index (χ1) is 12.8. The second-order valence-corrected chi connectivity index (χ2v) is 10.5. The molecule has 0 spiro atoms. The number of hydrogen-bond donors (Lipinski definition) is 1. The van der Waals surface area contributed by atoms with Crippen molar-refractivity contribution in [2.24, 2.45) is 0 Å². The van der Waals surface area contributed by atoms with Crippen LogP contribution < -0.4 is 26.5 Å². The highest BCUT2D eigenvalue weighted by Gasteiger charge is 2.49. The van der Waals surface area contributed by atoms with Crippen molar-refractivity contribution in [2.75, 3.05) is 5.73 Å². The van der Waals surface area contributed by atoms with Gasteiger partial charge in [0, 0.05) is 5.69 Å². The fourth-order valence-corrected chi connectivity index (χ4v) is 9.83. The molecule has 4 aromatic carbocycles. The topological polar surface area (TPSA) is 26.0 Å². The van der Waals surface area contributed by atoms with E-state index in [-0.39, 0.29) is 0 Å². The third kappa shape index (κ3) is 1.91. The summed E-state index contributed by atoms with van der Waals surface area (Å²) >= 11 is 0. The first kappa shape index (κ1) is 15.2. The summed E-state index contributed by atoms with van der Waals surface area (Å²) < 4.78 is 0. The second-order valence-electron chi connectivity index (χ2n) is 6.80. The quantitative estimate of drug-likeness (QED) is 0.385. The van der Waals surface area contributed by atoms with Gasteiger partial charge in [-0.2, -0.15) is 0 Å². The minimum absolute atomic E-state index is 0.901. The van der Waals surface area contributed by atoms with E-state index in [0.717, 1.165) is 5.69 Å². The first-order valence-electron chi connectivity index (χ1n) is 8.93. The summed E-state index contributed by atoms with van der Waals surface area (Å²) in [6.07, 6.45) is 0. The third-order valence-electron chi connectivity index (χ3n) is 5.51. The highest BCUT2D eigenvalue weighted by Crippen LogP contribution is 2.30. The average Bonchev–Trinajstić information content (AvgIpc) is 3.02. The number of nitrogen functional groups attached to an aromatic ring is 1. The Morgan fingerprint density at radius 1 is 0.500 bits per heavy atom. The van der Waals surface area contributed by atoms with Crippen molar-refractivity contribution in [1.82, 2.24) is 0 Å². The van der Waals surface area contributed by atoms with Gasteiger partial charge in [-0.15, -0.1) is 0 Å². The molecule has 0 amide bonds. The molecule has 0 atom stereocenters. The van der Waals surface area contributed by atoms with Gasteiger partial charge in [0.25, 0.3) is 0 Å². The van der Waals surface area contributed by atoms with Crippen LogP contribution in [0.4, 0.5) is 5.69 Å². The number of rotatable bonds is 2. The van der Waals surface area contributed by atoms with Crippen LogP contribution >= 0.6 is 0 Å². The molecule has 26 heavy (non-hydrogen) atoms. The number of fused-ring (bicyclic) bond motifs is 3. The van der Waals surface area contributed by atoms with Gasteiger partial charge >= 0.3 is 0 Å². The fourth-order valence-electron chi connectivity index (χ4n) is 4.54. The van der Waals surface area contributed by atoms with E-state index in [2.05, 4.69) is 103 Å². The second kappa shape index (κ2) is 5.72. The minimum atomic E-state index is -2.40. The Morgan fingerprint density at radius 2 is 1.04 bits per heavy atom. The molecular weight excluding hydrogens is 330 g/mol. The van der Waals surface area contributed by atoms with E-state index in [9.17, 15) is 0 Å². The maximum absolute atomic E-state index is 6.64. The van der Waals surface area contributed by atoms with Crippen molar-refractivity contribution in [2.45, 2.75) is 0 Å². The van der Waals surface area contributed by atoms with Crippen LogP contribution in [0.3, 0.4) is 0 Å². The van der Waals surface area contributed by atoms with Crippen molar-refractivity contribution in [3.8, 4) is 11.1 Å². The zero-order chi connectivity index (χ0) is 17.6. The van der Waals surface area contributed by atoms with Crippen LogP contribution in [0.25, 0.3) is 11.1 Å².